The third-order valence-electron chi connectivity index (χ3n) is 3.78. The average Bonchev–Trinajstić information content (AvgIpc) is 2.45. The molecular formula is C14H13F6NO. The average molecular weight is 325 g/mol. The lowest BCUT2D eigenvalue weighted by Crippen LogP contribution is -2.39. The second-order valence-electron chi connectivity index (χ2n) is 5.19. The third kappa shape index (κ3) is 3.53. The molecule has 0 saturated carbocycles. The fourth-order valence-corrected chi connectivity index (χ4v) is 2.56. The zero-order valence-corrected chi connectivity index (χ0v) is 11.3. The monoisotopic (exact) mass is 325 g/mol. The number of carbonyl (C=O) groups is 1. The van der Waals surface area contributed by atoms with Crippen molar-refractivity contribution in [2.75, 3.05) is 18.0 Å². The number of nitrogens with zero attached hydrogens (tertiary/aromatic N) is 1. The van der Waals surface area contributed by atoms with Crippen molar-refractivity contribution in [1.82, 2.24) is 0 Å². The molecule has 2 rings (SSSR count). The molecule has 1 fully saturated rings. The molecular weight excluding hydrogens is 312 g/mol. The molecule has 0 aliphatic carbocycles. The van der Waals surface area contributed by atoms with Crippen molar-refractivity contribution >= 4 is 12.0 Å². The minimum absolute atomic E-state index is 0.0520. The lowest BCUT2D eigenvalue weighted by molar-refractivity contribution is -0.179. The lowest BCUT2D eigenvalue weighted by atomic mass is 9.95. The Bertz CT molecular complexity index is 543. The number of piperidine rings is 1. The lowest BCUT2D eigenvalue weighted by Gasteiger charge is -2.35. The van der Waals surface area contributed by atoms with Crippen LogP contribution in [0, 0.1) is 5.92 Å². The maximum Gasteiger partial charge on any atom is 0.416 e. The van der Waals surface area contributed by atoms with Crippen LogP contribution in [0.25, 0.3) is 0 Å². The fraction of sp³-hybridized carbons (Fsp3) is 0.500. The van der Waals surface area contributed by atoms with Gasteiger partial charge in [0.1, 0.15) is 0 Å². The van der Waals surface area contributed by atoms with E-state index in [1.807, 2.05) is 0 Å². The number of carbonyl (C=O) groups excluding carboxylic acids is 1. The smallest absolute Gasteiger partial charge is 0.371 e. The van der Waals surface area contributed by atoms with E-state index in [4.69, 9.17) is 0 Å². The van der Waals surface area contributed by atoms with Crippen LogP contribution in [-0.4, -0.2) is 25.6 Å². The van der Waals surface area contributed by atoms with Crippen molar-refractivity contribution in [2.24, 2.45) is 5.92 Å². The van der Waals surface area contributed by atoms with Crippen LogP contribution in [0.3, 0.4) is 0 Å². The molecule has 1 aromatic rings. The first-order valence-electron chi connectivity index (χ1n) is 6.61. The van der Waals surface area contributed by atoms with E-state index in [1.54, 1.807) is 0 Å². The first-order chi connectivity index (χ1) is 10.1. The highest BCUT2D eigenvalue weighted by Gasteiger charge is 2.41. The summed E-state index contributed by atoms with van der Waals surface area (Å²) >= 11 is 0. The van der Waals surface area contributed by atoms with Crippen LogP contribution in [0.1, 0.15) is 28.8 Å². The van der Waals surface area contributed by atoms with Crippen LogP contribution in [-0.2, 0) is 6.18 Å². The molecule has 0 atom stereocenters. The molecule has 1 aliphatic heterocycles. The van der Waals surface area contributed by atoms with Crippen molar-refractivity contribution in [2.45, 2.75) is 25.2 Å². The number of benzene rings is 1. The van der Waals surface area contributed by atoms with E-state index in [-0.39, 0.29) is 37.2 Å². The van der Waals surface area contributed by atoms with Gasteiger partial charge in [0.05, 0.1) is 11.5 Å². The number of anilines is 1. The van der Waals surface area contributed by atoms with Crippen molar-refractivity contribution in [3.05, 3.63) is 29.3 Å². The van der Waals surface area contributed by atoms with Gasteiger partial charge in [0.15, 0.2) is 6.29 Å². The summed E-state index contributed by atoms with van der Waals surface area (Å²) in [6.45, 7) is 0.104. The van der Waals surface area contributed by atoms with Gasteiger partial charge in [-0.1, -0.05) is 0 Å². The Morgan fingerprint density at radius 2 is 1.64 bits per heavy atom. The molecule has 1 saturated heterocycles. The van der Waals surface area contributed by atoms with Crippen molar-refractivity contribution in [3.63, 3.8) is 0 Å². The second kappa shape index (κ2) is 5.81. The van der Waals surface area contributed by atoms with Gasteiger partial charge in [0.2, 0.25) is 0 Å². The molecule has 0 bridgehead atoms. The summed E-state index contributed by atoms with van der Waals surface area (Å²) in [7, 11) is 0. The summed E-state index contributed by atoms with van der Waals surface area (Å²) < 4.78 is 75.6. The van der Waals surface area contributed by atoms with Gasteiger partial charge in [-0.3, -0.25) is 4.79 Å². The zero-order valence-electron chi connectivity index (χ0n) is 11.3. The SMILES string of the molecule is O=Cc1cc(C(F)(F)F)ccc1N1CCC(C(F)(F)F)CC1. The molecule has 0 unspecified atom stereocenters. The quantitative estimate of drug-likeness (QED) is 0.597. The van der Waals surface area contributed by atoms with Crippen LogP contribution >= 0.6 is 0 Å². The maximum atomic E-state index is 12.6. The molecule has 0 radical (unpaired) electrons. The van der Waals surface area contributed by atoms with Gasteiger partial charge in [0.25, 0.3) is 0 Å². The molecule has 22 heavy (non-hydrogen) atoms. The first-order valence-corrected chi connectivity index (χ1v) is 6.61. The molecule has 122 valence electrons. The van der Waals surface area contributed by atoms with Gasteiger partial charge in [-0.2, -0.15) is 26.3 Å². The van der Waals surface area contributed by atoms with Crippen LogP contribution in [0.15, 0.2) is 18.2 Å². The van der Waals surface area contributed by atoms with Crippen molar-refractivity contribution in [3.8, 4) is 0 Å². The predicted molar refractivity (Wildman–Crippen MR) is 67.8 cm³/mol. The molecule has 0 N–H and O–H groups in total. The largest absolute Gasteiger partial charge is 0.416 e. The van der Waals surface area contributed by atoms with E-state index in [9.17, 15) is 31.1 Å². The number of hydrogen-bond donors (Lipinski definition) is 0. The molecule has 0 spiro atoms. The van der Waals surface area contributed by atoms with E-state index < -0.39 is 23.8 Å². The van der Waals surface area contributed by atoms with Crippen LogP contribution in [0.5, 0.6) is 0 Å². The predicted octanol–water partition coefficient (Wildman–Crippen LogP) is 4.30. The molecule has 2 nitrogen and oxygen atoms in total. The van der Waals surface area contributed by atoms with E-state index in [0.717, 1.165) is 18.2 Å². The highest BCUT2D eigenvalue weighted by Crippen LogP contribution is 2.37. The van der Waals surface area contributed by atoms with Gasteiger partial charge in [-0.05, 0) is 31.0 Å². The number of alkyl halides is 6. The summed E-state index contributed by atoms with van der Waals surface area (Å²) in [6, 6.07) is 2.69. The second-order valence-corrected chi connectivity index (χ2v) is 5.19. The van der Waals surface area contributed by atoms with E-state index >= 15 is 0 Å². The Hall–Kier alpha value is -1.73. The topological polar surface area (TPSA) is 20.3 Å². The third-order valence-corrected chi connectivity index (χ3v) is 3.78. The van der Waals surface area contributed by atoms with Crippen LogP contribution < -0.4 is 4.90 Å². The van der Waals surface area contributed by atoms with Gasteiger partial charge in [0, 0.05) is 24.3 Å². The summed E-state index contributed by atoms with van der Waals surface area (Å²) in [5, 5.41) is 0. The number of rotatable bonds is 2. The standard InChI is InChI=1S/C14H13F6NO/c15-13(16,17)10-3-5-21(6-4-10)12-2-1-11(14(18,19)20)7-9(12)8-22/h1-2,7-8,10H,3-6H2. The van der Waals surface area contributed by atoms with Crippen molar-refractivity contribution < 1.29 is 31.1 Å². The minimum atomic E-state index is -4.57. The number of aldehydes is 1. The summed E-state index contributed by atoms with van der Waals surface area (Å²) in [4.78, 5) is 12.5. The number of hydrogen-bond acceptors (Lipinski definition) is 2. The number of halogens is 6. The summed E-state index contributed by atoms with van der Waals surface area (Å²) in [5.41, 5.74) is -0.882. The maximum absolute atomic E-state index is 12.6. The molecule has 0 aromatic heterocycles. The molecule has 1 aromatic carbocycles. The van der Waals surface area contributed by atoms with Crippen LogP contribution in [0.2, 0.25) is 0 Å². The van der Waals surface area contributed by atoms with E-state index in [2.05, 4.69) is 0 Å². The highest BCUT2D eigenvalue weighted by atomic mass is 19.4. The highest BCUT2D eigenvalue weighted by molar-refractivity contribution is 5.85. The van der Waals surface area contributed by atoms with Gasteiger partial charge >= 0.3 is 12.4 Å². The molecule has 1 aliphatic rings. The molecule has 1 heterocycles. The Kier molecular flexibility index (Phi) is 4.39. The Morgan fingerprint density at radius 3 is 2.09 bits per heavy atom. The first kappa shape index (κ1) is 16.6. The van der Waals surface area contributed by atoms with Gasteiger partial charge in [-0.25, -0.2) is 0 Å². The molecule has 0 amide bonds. The fourth-order valence-electron chi connectivity index (χ4n) is 2.56. The normalized spacial score (nSPS) is 17.6. The Balaban J connectivity index is 2.19. The molecule has 8 heteroatoms. The van der Waals surface area contributed by atoms with Gasteiger partial charge in [-0.15, -0.1) is 0 Å². The Labute approximate surface area is 122 Å². The minimum Gasteiger partial charge on any atom is -0.371 e. The zero-order chi connectivity index (χ0) is 16.5. The van der Waals surface area contributed by atoms with E-state index in [0.29, 0.717) is 6.29 Å². The van der Waals surface area contributed by atoms with E-state index in [1.165, 1.54) is 4.90 Å². The summed E-state index contributed by atoms with van der Waals surface area (Å²) in [6.07, 6.45) is -8.81. The summed E-state index contributed by atoms with van der Waals surface area (Å²) in [5.74, 6) is -1.40. The van der Waals surface area contributed by atoms with Crippen molar-refractivity contribution in [1.29, 1.82) is 0 Å². The van der Waals surface area contributed by atoms with Gasteiger partial charge < -0.3 is 4.90 Å². The van der Waals surface area contributed by atoms with Crippen LogP contribution in [0.4, 0.5) is 32.0 Å². The Morgan fingerprint density at radius 1 is 1.05 bits per heavy atom.